The van der Waals surface area contributed by atoms with Gasteiger partial charge in [0.2, 0.25) is 0 Å². The molecule has 3 heteroatoms. The van der Waals surface area contributed by atoms with Crippen LogP contribution in [0.15, 0.2) is 11.6 Å². The van der Waals surface area contributed by atoms with E-state index in [2.05, 4.69) is 13.0 Å². The van der Waals surface area contributed by atoms with Gasteiger partial charge in [-0.25, -0.2) is 4.79 Å². The molecular formula is C16H27NO2. The molecule has 0 aliphatic carbocycles. The summed E-state index contributed by atoms with van der Waals surface area (Å²) >= 11 is 0. The molecule has 1 saturated heterocycles. The standard InChI is InChI=1S/C16H27NO2/c1-5-6-7-12-10-13-8-9-14(11-12)17(13)15(18)19-16(2,3)4/h10,13-14H,5-9,11H2,1-4H3. The van der Waals surface area contributed by atoms with Gasteiger partial charge in [0.05, 0.1) is 6.04 Å². The van der Waals surface area contributed by atoms with E-state index >= 15 is 0 Å². The van der Waals surface area contributed by atoms with Crippen molar-refractivity contribution in [1.82, 2.24) is 4.90 Å². The Morgan fingerprint density at radius 2 is 2.16 bits per heavy atom. The summed E-state index contributed by atoms with van der Waals surface area (Å²) in [6.07, 6.45) is 9.16. The van der Waals surface area contributed by atoms with Gasteiger partial charge in [-0.2, -0.15) is 0 Å². The minimum atomic E-state index is -0.400. The Balaban J connectivity index is 2.02. The summed E-state index contributed by atoms with van der Waals surface area (Å²) in [5, 5.41) is 0. The van der Waals surface area contributed by atoms with E-state index in [1.807, 2.05) is 25.7 Å². The van der Waals surface area contributed by atoms with Crippen LogP contribution in [0.5, 0.6) is 0 Å². The SMILES string of the molecule is CCCCC1=CC2CCC(C1)N2C(=O)OC(C)(C)C. The van der Waals surface area contributed by atoms with Gasteiger partial charge < -0.3 is 4.74 Å². The lowest BCUT2D eigenvalue weighted by atomic mass is 9.97. The molecule has 0 N–H and O–H groups in total. The molecule has 2 unspecified atom stereocenters. The molecule has 108 valence electrons. The fourth-order valence-electron chi connectivity index (χ4n) is 3.11. The average molecular weight is 265 g/mol. The zero-order valence-corrected chi connectivity index (χ0v) is 12.7. The first-order valence-electron chi connectivity index (χ1n) is 7.61. The lowest BCUT2D eigenvalue weighted by Crippen LogP contribution is -2.45. The summed E-state index contributed by atoms with van der Waals surface area (Å²) in [7, 11) is 0. The Kier molecular flexibility index (Phi) is 4.22. The molecule has 3 nitrogen and oxygen atoms in total. The summed E-state index contributed by atoms with van der Waals surface area (Å²) in [4.78, 5) is 14.2. The molecule has 2 aliphatic rings. The first-order valence-corrected chi connectivity index (χ1v) is 7.61. The minimum Gasteiger partial charge on any atom is -0.444 e. The fraction of sp³-hybridized carbons (Fsp3) is 0.812. The number of nitrogens with zero attached hydrogens (tertiary/aromatic N) is 1. The van der Waals surface area contributed by atoms with Crippen LogP contribution < -0.4 is 0 Å². The van der Waals surface area contributed by atoms with Crippen molar-refractivity contribution in [3.63, 3.8) is 0 Å². The van der Waals surface area contributed by atoms with Crippen molar-refractivity contribution in [2.24, 2.45) is 0 Å². The Labute approximate surface area is 117 Å². The molecule has 0 radical (unpaired) electrons. The Bertz CT molecular complexity index is 367. The van der Waals surface area contributed by atoms with E-state index in [1.54, 1.807) is 5.57 Å². The normalized spacial score (nSPS) is 26.3. The van der Waals surface area contributed by atoms with Gasteiger partial charge in [0.25, 0.3) is 0 Å². The molecule has 2 bridgehead atoms. The molecule has 2 heterocycles. The number of hydrogen-bond acceptors (Lipinski definition) is 2. The largest absolute Gasteiger partial charge is 0.444 e. The van der Waals surface area contributed by atoms with Gasteiger partial charge in [0, 0.05) is 6.04 Å². The Morgan fingerprint density at radius 1 is 1.42 bits per heavy atom. The minimum absolute atomic E-state index is 0.134. The molecule has 1 amide bonds. The molecule has 0 aromatic heterocycles. The van der Waals surface area contributed by atoms with Crippen LogP contribution in [0.2, 0.25) is 0 Å². The maximum absolute atomic E-state index is 12.3. The van der Waals surface area contributed by atoms with Crippen LogP contribution in [-0.2, 0) is 4.74 Å². The summed E-state index contributed by atoms with van der Waals surface area (Å²) in [6, 6.07) is 0.650. The van der Waals surface area contributed by atoms with Gasteiger partial charge in [0.1, 0.15) is 5.60 Å². The number of hydrogen-bond donors (Lipinski definition) is 0. The van der Waals surface area contributed by atoms with Crippen LogP contribution >= 0.6 is 0 Å². The summed E-state index contributed by atoms with van der Waals surface area (Å²) < 4.78 is 5.53. The third-order valence-electron chi connectivity index (χ3n) is 3.93. The predicted octanol–water partition coefficient (Wildman–Crippen LogP) is 4.27. The van der Waals surface area contributed by atoms with E-state index in [1.165, 1.54) is 19.3 Å². The third kappa shape index (κ3) is 3.52. The van der Waals surface area contributed by atoms with Crippen molar-refractivity contribution < 1.29 is 9.53 Å². The van der Waals surface area contributed by atoms with Gasteiger partial charge >= 0.3 is 6.09 Å². The van der Waals surface area contributed by atoms with Crippen molar-refractivity contribution in [3.05, 3.63) is 11.6 Å². The number of unbranched alkanes of at least 4 members (excludes halogenated alkanes) is 1. The quantitative estimate of drug-likeness (QED) is 0.713. The summed E-state index contributed by atoms with van der Waals surface area (Å²) in [5.41, 5.74) is 1.15. The number of carbonyl (C=O) groups excluding carboxylic acids is 1. The molecule has 0 spiro atoms. The van der Waals surface area contributed by atoms with Gasteiger partial charge in [0.15, 0.2) is 0 Å². The second kappa shape index (κ2) is 5.56. The first-order chi connectivity index (χ1) is 8.90. The molecule has 2 atom stereocenters. The Morgan fingerprint density at radius 3 is 2.74 bits per heavy atom. The van der Waals surface area contributed by atoms with E-state index < -0.39 is 5.60 Å². The summed E-state index contributed by atoms with van der Waals surface area (Å²) in [6.45, 7) is 8.02. The smallest absolute Gasteiger partial charge is 0.411 e. The number of fused-ring (bicyclic) bond motifs is 2. The second-order valence-electron chi connectivity index (χ2n) is 6.82. The van der Waals surface area contributed by atoms with E-state index in [-0.39, 0.29) is 12.1 Å². The first kappa shape index (κ1) is 14.4. The highest BCUT2D eigenvalue weighted by atomic mass is 16.6. The predicted molar refractivity (Wildman–Crippen MR) is 77.1 cm³/mol. The zero-order chi connectivity index (χ0) is 14.0. The van der Waals surface area contributed by atoms with E-state index in [9.17, 15) is 4.79 Å². The van der Waals surface area contributed by atoms with Crippen LogP contribution in [0, 0.1) is 0 Å². The number of ether oxygens (including phenoxy) is 1. The van der Waals surface area contributed by atoms with Crippen molar-refractivity contribution in [3.8, 4) is 0 Å². The van der Waals surface area contributed by atoms with Gasteiger partial charge in [-0.15, -0.1) is 0 Å². The topological polar surface area (TPSA) is 29.5 Å². The lowest BCUT2D eigenvalue weighted by molar-refractivity contribution is 0.0166. The van der Waals surface area contributed by atoms with Crippen molar-refractivity contribution in [2.45, 2.75) is 83.9 Å². The maximum atomic E-state index is 12.3. The highest BCUT2D eigenvalue weighted by Crippen LogP contribution is 2.37. The van der Waals surface area contributed by atoms with Crippen LogP contribution in [0.4, 0.5) is 4.79 Å². The number of rotatable bonds is 3. The van der Waals surface area contributed by atoms with E-state index in [4.69, 9.17) is 4.74 Å². The lowest BCUT2D eigenvalue weighted by Gasteiger charge is -2.35. The summed E-state index contributed by atoms with van der Waals surface area (Å²) in [5.74, 6) is 0. The molecule has 1 fully saturated rings. The van der Waals surface area contributed by atoms with Gasteiger partial charge in [-0.1, -0.05) is 25.0 Å². The monoisotopic (exact) mass is 265 g/mol. The van der Waals surface area contributed by atoms with Crippen molar-refractivity contribution in [2.75, 3.05) is 0 Å². The van der Waals surface area contributed by atoms with Crippen LogP contribution in [-0.4, -0.2) is 28.7 Å². The van der Waals surface area contributed by atoms with Gasteiger partial charge in [-0.3, -0.25) is 4.90 Å². The maximum Gasteiger partial charge on any atom is 0.411 e. The van der Waals surface area contributed by atoms with Gasteiger partial charge in [-0.05, 0) is 52.9 Å². The van der Waals surface area contributed by atoms with Crippen molar-refractivity contribution >= 4 is 6.09 Å². The third-order valence-corrected chi connectivity index (χ3v) is 3.93. The van der Waals surface area contributed by atoms with Crippen LogP contribution in [0.3, 0.4) is 0 Å². The number of carbonyl (C=O) groups is 1. The van der Waals surface area contributed by atoms with E-state index in [0.717, 1.165) is 19.3 Å². The molecule has 0 aromatic carbocycles. The van der Waals surface area contributed by atoms with Crippen molar-refractivity contribution in [1.29, 1.82) is 0 Å². The van der Waals surface area contributed by atoms with E-state index in [0.29, 0.717) is 6.04 Å². The molecule has 0 aromatic rings. The highest BCUT2D eigenvalue weighted by Gasteiger charge is 2.41. The average Bonchev–Trinajstić information content (AvgIpc) is 2.56. The highest BCUT2D eigenvalue weighted by molar-refractivity contribution is 5.70. The molecule has 2 aliphatic heterocycles. The molecule has 19 heavy (non-hydrogen) atoms. The van der Waals surface area contributed by atoms with Crippen LogP contribution in [0.1, 0.15) is 66.2 Å². The Hall–Kier alpha value is -0.990. The molecule has 2 rings (SSSR count). The molecular weight excluding hydrogens is 238 g/mol. The fourth-order valence-corrected chi connectivity index (χ4v) is 3.11. The second-order valence-corrected chi connectivity index (χ2v) is 6.82. The zero-order valence-electron chi connectivity index (χ0n) is 12.7. The number of amides is 1. The molecule has 0 saturated carbocycles. The van der Waals surface area contributed by atoms with Crippen LogP contribution in [0.25, 0.3) is 0 Å².